The maximum atomic E-state index is 0. The Morgan fingerprint density at radius 1 is 1.00 bits per heavy atom. The van der Waals surface area contributed by atoms with Crippen LogP contribution in [0, 0.1) is 0 Å². The maximum absolute atomic E-state index is 0. The third-order valence-corrected chi connectivity index (χ3v) is 0. The van der Waals surface area contributed by atoms with E-state index in [0.717, 1.165) is 0 Å². The minimum atomic E-state index is 0. The topological polar surface area (TPSA) is 0 Å². The molecule has 0 bridgehead atoms. The Bertz CT molecular complexity index is 11.6. The van der Waals surface area contributed by atoms with Crippen LogP contribution in [-0.2, 0) is 86.2 Å². The van der Waals surface area contributed by atoms with E-state index >= 15 is 0 Å². The van der Waals surface area contributed by atoms with Gasteiger partial charge in [-0.05, 0) is 0 Å². The molecule has 2 radical (unpaired) electrons. The fraction of sp³-hybridized carbons (Fsp3) is 0. The summed E-state index contributed by atoms with van der Waals surface area (Å²) in [7, 11) is 0. The van der Waals surface area contributed by atoms with E-state index in [1.807, 2.05) is 0 Å². The van der Waals surface area contributed by atoms with Crippen LogP contribution in [0.2, 0.25) is 0 Å². The monoisotopic (exact) mass is 723 g/mol. The summed E-state index contributed by atoms with van der Waals surface area (Å²) in [6.45, 7) is 0. The van der Waals surface area contributed by atoms with Crippen molar-refractivity contribution in [2.24, 2.45) is 0 Å². The molecule has 5 heavy (non-hydrogen) atoms. The molecule has 0 aliphatic carbocycles. The fourth-order valence-corrected chi connectivity index (χ4v) is 0. The smallest absolute Gasteiger partial charge is 0 e. The van der Waals surface area contributed by atoms with Gasteiger partial charge in [0.1, 0.15) is 0 Å². The van der Waals surface area contributed by atoms with Gasteiger partial charge in [-0.3, -0.25) is 0 Å². The van der Waals surface area contributed by atoms with E-state index in [9.17, 15) is 0 Å². The van der Waals surface area contributed by atoms with E-state index in [-0.39, 0.29) is 112 Å². The molecule has 48 valence electrons. The van der Waals surface area contributed by atoms with E-state index in [0.29, 0.717) is 0 Å². The molecular formula is H3AgAuInPdPt. The van der Waals surface area contributed by atoms with Gasteiger partial charge in [0.25, 0.3) is 0 Å². The van der Waals surface area contributed by atoms with E-state index < -0.39 is 0 Å². The van der Waals surface area contributed by atoms with Crippen LogP contribution >= 0.6 is 0 Å². The second-order valence-electron chi connectivity index (χ2n) is 0. The molecule has 0 saturated heterocycles. The van der Waals surface area contributed by atoms with Gasteiger partial charge in [0.15, 0.2) is 0 Å². The summed E-state index contributed by atoms with van der Waals surface area (Å²) >= 11 is 0. The van der Waals surface area contributed by atoms with Crippen molar-refractivity contribution in [3.05, 3.63) is 0 Å². The first-order valence-corrected chi connectivity index (χ1v) is 0. The predicted molar refractivity (Wildman–Crippen MR) is 9.94 cm³/mol. The zero-order valence-electron chi connectivity index (χ0n) is 1.24. The molecule has 0 aromatic carbocycles. The van der Waals surface area contributed by atoms with Crippen molar-refractivity contribution in [3.8, 4) is 0 Å². The van der Waals surface area contributed by atoms with Crippen molar-refractivity contribution in [2.45, 2.75) is 0 Å². The molecule has 0 amide bonds. The van der Waals surface area contributed by atoms with Gasteiger partial charge in [-0.1, -0.05) is 0 Å². The van der Waals surface area contributed by atoms with Crippen molar-refractivity contribution in [2.75, 3.05) is 0 Å². The SMILES string of the molecule is [Ag].[Au].[InH3].[Pd].[Pt]. The minimum Gasteiger partial charge on any atom is 0 e. The van der Waals surface area contributed by atoms with Crippen molar-refractivity contribution in [1.82, 2.24) is 0 Å². The number of hydrogen-bond donors (Lipinski definition) is 0. The second kappa shape index (κ2) is 25.2. The molecule has 0 rings (SSSR count). The van der Waals surface area contributed by atoms with Gasteiger partial charge < -0.3 is 0 Å². The largest absolute Gasteiger partial charge is 0 e. The number of hydrogen-bond acceptors (Lipinski definition) is 0. The van der Waals surface area contributed by atoms with Gasteiger partial charge in [-0.25, -0.2) is 0 Å². The predicted octanol–water partition coefficient (Wildman–Crippen LogP) is -1.19. The number of rotatable bonds is 0. The van der Waals surface area contributed by atoms with Crippen LogP contribution in [0.25, 0.3) is 0 Å². The first kappa shape index (κ1) is 37.7. The average molecular weight is 724 g/mol. The molecule has 0 heterocycles. The molecule has 0 spiro atoms. The van der Waals surface area contributed by atoms with Crippen molar-refractivity contribution >= 4 is 25.8 Å². The summed E-state index contributed by atoms with van der Waals surface area (Å²) in [6.07, 6.45) is 0. The quantitative estimate of drug-likeness (QED) is 0.276. The molecule has 0 aromatic rings. The van der Waals surface area contributed by atoms with Crippen molar-refractivity contribution in [1.29, 1.82) is 0 Å². The summed E-state index contributed by atoms with van der Waals surface area (Å²) in [5.41, 5.74) is 0. The molecule has 0 unspecified atom stereocenters. The molecule has 0 saturated carbocycles. The van der Waals surface area contributed by atoms with E-state index in [1.165, 1.54) is 0 Å². The minimum absolute atomic E-state index is 0. The average Bonchev–Trinajstić information content (AvgIpc) is 0. The molecule has 5 heteroatoms. The summed E-state index contributed by atoms with van der Waals surface area (Å²) in [6, 6.07) is 0. The summed E-state index contributed by atoms with van der Waals surface area (Å²) < 4.78 is 0. The maximum Gasteiger partial charge on any atom is 0 e. The van der Waals surface area contributed by atoms with Gasteiger partial charge in [0, 0.05) is 86.2 Å². The standard InChI is InChI=1S/Ag.Au.In.Pd.Pt.3H. The van der Waals surface area contributed by atoms with Crippen LogP contribution < -0.4 is 0 Å². The van der Waals surface area contributed by atoms with Crippen LogP contribution in [-0.4, -0.2) is 25.8 Å². The molecule has 0 fully saturated rings. The Hall–Kier alpha value is 3.70. The third kappa shape index (κ3) is 18.3. The normalized spacial score (nSPS) is 0. The Kier molecular flexibility index (Phi) is 190. The van der Waals surface area contributed by atoms with Gasteiger partial charge in [-0.15, -0.1) is 0 Å². The summed E-state index contributed by atoms with van der Waals surface area (Å²) in [4.78, 5) is 0. The van der Waals surface area contributed by atoms with Gasteiger partial charge in [-0.2, -0.15) is 0 Å². The fourth-order valence-electron chi connectivity index (χ4n) is 0. The van der Waals surface area contributed by atoms with Crippen LogP contribution in [0.1, 0.15) is 0 Å². The zero-order chi connectivity index (χ0) is 0. The molecule has 0 nitrogen and oxygen atoms in total. The molecule has 0 aliphatic rings. The summed E-state index contributed by atoms with van der Waals surface area (Å²) in [5, 5.41) is 0. The van der Waals surface area contributed by atoms with Gasteiger partial charge in [0.2, 0.25) is 0 Å². The molecular weight excluding hydrogens is 721 g/mol. The van der Waals surface area contributed by atoms with Crippen molar-refractivity contribution in [3.63, 3.8) is 0 Å². The first-order valence-electron chi connectivity index (χ1n) is 0. The Labute approximate surface area is 110 Å². The Balaban J connectivity index is 0. The van der Waals surface area contributed by atoms with Crippen LogP contribution in [0.15, 0.2) is 0 Å². The third-order valence-electron chi connectivity index (χ3n) is 0. The van der Waals surface area contributed by atoms with Crippen molar-refractivity contribution < 1.29 is 86.2 Å². The van der Waals surface area contributed by atoms with E-state index in [1.54, 1.807) is 0 Å². The molecule has 0 aliphatic heterocycles. The van der Waals surface area contributed by atoms with Crippen LogP contribution in [0.3, 0.4) is 0 Å². The van der Waals surface area contributed by atoms with Crippen LogP contribution in [0.5, 0.6) is 0 Å². The van der Waals surface area contributed by atoms with E-state index in [4.69, 9.17) is 0 Å². The van der Waals surface area contributed by atoms with Gasteiger partial charge in [0.05, 0.1) is 0 Å². The first-order chi connectivity index (χ1) is 0. The zero-order valence-corrected chi connectivity index (χ0v) is 8.71. The van der Waals surface area contributed by atoms with Crippen LogP contribution in [0.4, 0.5) is 0 Å². The second-order valence-corrected chi connectivity index (χ2v) is 0. The molecule has 0 atom stereocenters. The summed E-state index contributed by atoms with van der Waals surface area (Å²) in [5.74, 6) is 0. The molecule has 0 N–H and O–H groups in total. The van der Waals surface area contributed by atoms with E-state index in [2.05, 4.69) is 0 Å². The molecule has 0 aromatic heterocycles. The Morgan fingerprint density at radius 2 is 1.00 bits per heavy atom. The van der Waals surface area contributed by atoms with Gasteiger partial charge >= 0.3 is 25.8 Å². The Morgan fingerprint density at radius 3 is 1.00 bits per heavy atom.